The average molecular weight is 312 g/mol. The molecule has 0 aromatic heterocycles. The maximum absolute atomic E-state index is 12.6. The maximum atomic E-state index is 12.6. The largest absolute Gasteiger partial charge is 0.374 e. The summed E-state index contributed by atoms with van der Waals surface area (Å²) in [6, 6.07) is 10.1. The van der Waals surface area contributed by atoms with Crippen molar-refractivity contribution in [2.45, 2.75) is 57.5 Å². The highest BCUT2D eigenvalue weighted by Gasteiger charge is 2.35. The van der Waals surface area contributed by atoms with Crippen molar-refractivity contribution in [1.29, 1.82) is 0 Å². The summed E-state index contributed by atoms with van der Waals surface area (Å²) in [5, 5.41) is 10.7. The first-order valence-corrected chi connectivity index (χ1v) is 8.77. The highest BCUT2D eigenvalue weighted by atomic mass is 16.3. The van der Waals surface area contributed by atoms with Crippen LogP contribution in [0.5, 0.6) is 0 Å². The third kappa shape index (κ3) is 4.65. The Morgan fingerprint density at radius 3 is 2.39 bits per heavy atom. The van der Waals surface area contributed by atoms with E-state index in [9.17, 15) is 9.90 Å². The molecule has 0 saturated heterocycles. The lowest BCUT2D eigenvalue weighted by atomic mass is 9.81. The molecule has 1 aromatic rings. The zero-order chi connectivity index (χ0) is 16.7. The third-order valence-electron chi connectivity index (χ3n) is 4.63. The molecule has 1 aliphatic rings. The number of allylic oxidation sites excluding steroid dienone is 2. The van der Waals surface area contributed by atoms with Gasteiger partial charge in [-0.1, -0.05) is 82.0 Å². The van der Waals surface area contributed by atoms with Gasteiger partial charge in [-0.15, -0.1) is 0 Å². The first-order chi connectivity index (χ1) is 11.1. The summed E-state index contributed by atoms with van der Waals surface area (Å²) in [6.45, 7) is 4.11. The van der Waals surface area contributed by atoms with Crippen molar-refractivity contribution >= 4 is 5.78 Å². The topological polar surface area (TPSA) is 37.3 Å². The van der Waals surface area contributed by atoms with Crippen LogP contribution in [-0.4, -0.2) is 16.5 Å². The summed E-state index contributed by atoms with van der Waals surface area (Å²) in [7, 11) is 0. The lowest BCUT2D eigenvalue weighted by Crippen LogP contribution is -2.39. The summed E-state index contributed by atoms with van der Waals surface area (Å²) in [6.07, 6.45) is 12.7. The molecule has 0 spiro atoms. The van der Waals surface area contributed by atoms with Gasteiger partial charge in [0.05, 0.1) is 0 Å². The van der Waals surface area contributed by atoms with Gasteiger partial charge < -0.3 is 5.11 Å². The Morgan fingerprint density at radius 2 is 1.78 bits per heavy atom. The van der Waals surface area contributed by atoms with E-state index in [1.54, 1.807) is 12.2 Å². The van der Waals surface area contributed by atoms with Gasteiger partial charge in [0.25, 0.3) is 0 Å². The van der Waals surface area contributed by atoms with Crippen molar-refractivity contribution in [3.63, 3.8) is 0 Å². The Labute approximate surface area is 139 Å². The normalized spacial score (nSPS) is 24.6. The second kappa shape index (κ2) is 8.26. The second-order valence-corrected chi connectivity index (χ2v) is 6.59. The van der Waals surface area contributed by atoms with Crippen LogP contribution in [0.3, 0.4) is 0 Å². The van der Waals surface area contributed by atoms with Crippen molar-refractivity contribution < 1.29 is 9.90 Å². The van der Waals surface area contributed by atoms with E-state index in [-0.39, 0.29) is 17.6 Å². The molecule has 2 nitrogen and oxygen atoms in total. The Balaban J connectivity index is 1.95. The molecular weight excluding hydrogens is 284 g/mol. The average Bonchev–Trinajstić information content (AvgIpc) is 2.59. The van der Waals surface area contributed by atoms with Gasteiger partial charge in [0.1, 0.15) is 0 Å². The summed E-state index contributed by atoms with van der Waals surface area (Å²) in [5.41, 5.74) is -0.266. The molecule has 2 rings (SSSR count). The Kier molecular flexibility index (Phi) is 6.35. The fourth-order valence-corrected chi connectivity index (χ4v) is 3.09. The summed E-state index contributed by atoms with van der Waals surface area (Å²) < 4.78 is 0. The molecule has 0 saturated carbocycles. The van der Waals surface area contributed by atoms with Crippen LogP contribution in [0, 0.1) is 5.92 Å². The van der Waals surface area contributed by atoms with E-state index in [0.717, 1.165) is 19.3 Å². The SMILES string of the molecule is CCCCCC[C@H](C)C(=O)C1(O)C=CC(c2ccccc2)C=C1. The van der Waals surface area contributed by atoms with Crippen LogP contribution in [0.1, 0.15) is 57.4 Å². The van der Waals surface area contributed by atoms with E-state index in [4.69, 9.17) is 0 Å². The van der Waals surface area contributed by atoms with Crippen LogP contribution in [0.15, 0.2) is 54.6 Å². The molecule has 0 heterocycles. The zero-order valence-electron chi connectivity index (χ0n) is 14.2. The minimum atomic E-state index is -1.44. The van der Waals surface area contributed by atoms with Gasteiger partial charge in [-0.05, 0) is 24.1 Å². The van der Waals surface area contributed by atoms with Crippen molar-refractivity contribution in [1.82, 2.24) is 0 Å². The second-order valence-electron chi connectivity index (χ2n) is 6.59. The Morgan fingerprint density at radius 1 is 1.13 bits per heavy atom. The highest BCUT2D eigenvalue weighted by Crippen LogP contribution is 2.29. The highest BCUT2D eigenvalue weighted by molar-refractivity contribution is 5.93. The molecule has 1 atom stereocenters. The van der Waals surface area contributed by atoms with Gasteiger partial charge in [0.15, 0.2) is 11.4 Å². The van der Waals surface area contributed by atoms with E-state index in [1.807, 2.05) is 37.3 Å². The maximum Gasteiger partial charge on any atom is 0.175 e. The molecule has 23 heavy (non-hydrogen) atoms. The molecule has 2 heteroatoms. The van der Waals surface area contributed by atoms with Crippen LogP contribution in [0.4, 0.5) is 0 Å². The van der Waals surface area contributed by atoms with Crippen molar-refractivity contribution in [3.8, 4) is 0 Å². The smallest absolute Gasteiger partial charge is 0.175 e. The number of carbonyl (C=O) groups excluding carboxylic acids is 1. The third-order valence-corrected chi connectivity index (χ3v) is 4.63. The van der Waals surface area contributed by atoms with Crippen molar-refractivity contribution in [3.05, 3.63) is 60.2 Å². The number of carbonyl (C=O) groups is 1. The number of rotatable bonds is 8. The van der Waals surface area contributed by atoms with E-state index in [2.05, 4.69) is 19.1 Å². The molecule has 0 amide bonds. The summed E-state index contributed by atoms with van der Waals surface area (Å²) in [4.78, 5) is 12.6. The lowest BCUT2D eigenvalue weighted by molar-refractivity contribution is -0.133. The van der Waals surface area contributed by atoms with E-state index >= 15 is 0 Å². The molecular formula is C21H28O2. The molecule has 0 bridgehead atoms. The number of hydrogen-bond donors (Lipinski definition) is 1. The van der Waals surface area contributed by atoms with Gasteiger partial charge in [-0.2, -0.15) is 0 Å². The first kappa shape index (κ1) is 17.7. The first-order valence-electron chi connectivity index (χ1n) is 8.77. The molecule has 1 aliphatic carbocycles. The molecule has 0 aliphatic heterocycles. The van der Waals surface area contributed by atoms with Crippen LogP contribution in [0.2, 0.25) is 0 Å². The lowest BCUT2D eigenvalue weighted by Gasteiger charge is -2.27. The van der Waals surface area contributed by atoms with Crippen LogP contribution >= 0.6 is 0 Å². The molecule has 1 N–H and O–H groups in total. The van der Waals surface area contributed by atoms with Gasteiger partial charge >= 0.3 is 0 Å². The number of unbranched alkanes of at least 4 members (excludes halogenated alkanes) is 3. The van der Waals surface area contributed by atoms with Crippen molar-refractivity contribution in [2.75, 3.05) is 0 Å². The zero-order valence-corrected chi connectivity index (χ0v) is 14.2. The fourth-order valence-electron chi connectivity index (χ4n) is 3.09. The minimum Gasteiger partial charge on any atom is -0.374 e. The van der Waals surface area contributed by atoms with Gasteiger partial charge in [0, 0.05) is 11.8 Å². The van der Waals surface area contributed by atoms with Crippen LogP contribution in [0.25, 0.3) is 0 Å². The van der Waals surface area contributed by atoms with E-state index in [1.165, 1.54) is 18.4 Å². The number of ketones is 1. The number of hydrogen-bond acceptors (Lipinski definition) is 2. The Bertz CT molecular complexity index is 542. The van der Waals surface area contributed by atoms with Crippen LogP contribution < -0.4 is 0 Å². The van der Waals surface area contributed by atoms with E-state index in [0.29, 0.717) is 0 Å². The standard InChI is InChI=1S/C21H28O2/c1-3-4-5-7-10-17(2)20(22)21(23)15-13-19(14-16-21)18-11-8-6-9-12-18/h6,8-9,11-17,19,23H,3-5,7,10H2,1-2H3/t17-,19?,21?/m0/s1. The van der Waals surface area contributed by atoms with Gasteiger partial charge in [0.2, 0.25) is 0 Å². The summed E-state index contributed by atoms with van der Waals surface area (Å²) in [5.74, 6) is -0.0726. The molecule has 0 radical (unpaired) electrons. The molecule has 124 valence electrons. The van der Waals surface area contributed by atoms with Crippen LogP contribution in [-0.2, 0) is 4.79 Å². The van der Waals surface area contributed by atoms with E-state index < -0.39 is 5.60 Å². The van der Waals surface area contributed by atoms with Gasteiger partial charge in [-0.25, -0.2) is 0 Å². The predicted octanol–water partition coefficient (Wildman–Crippen LogP) is 4.80. The summed E-state index contributed by atoms with van der Waals surface area (Å²) >= 11 is 0. The fraction of sp³-hybridized carbons (Fsp3) is 0.476. The minimum absolute atomic E-state index is 0.0898. The van der Waals surface area contributed by atoms with Crippen molar-refractivity contribution in [2.24, 2.45) is 5.92 Å². The number of benzene rings is 1. The quantitative estimate of drug-likeness (QED) is 0.553. The predicted molar refractivity (Wildman–Crippen MR) is 95.3 cm³/mol. The molecule has 1 aromatic carbocycles. The molecule has 0 unspecified atom stereocenters. The number of aliphatic hydroxyl groups is 1. The monoisotopic (exact) mass is 312 g/mol. The van der Waals surface area contributed by atoms with Gasteiger partial charge in [-0.3, -0.25) is 4.79 Å². The number of Topliss-reactive ketones (excluding diaryl/α,β-unsaturated/α-hetero) is 1. The molecule has 0 fully saturated rings. The Hall–Kier alpha value is -1.67.